The van der Waals surface area contributed by atoms with E-state index < -0.39 is 11.9 Å². The minimum absolute atomic E-state index is 0.0498. The Labute approximate surface area is 114 Å². The second-order valence-corrected chi connectivity index (χ2v) is 5.61. The van der Waals surface area contributed by atoms with Gasteiger partial charge in [0.15, 0.2) is 0 Å². The van der Waals surface area contributed by atoms with Crippen LogP contribution in [-0.2, 0) is 19.7 Å². The van der Waals surface area contributed by atoms with Gasteiger partial charge in [-0.2, -0.15) is 0 Å². The molecule has 0 bridgehead atoms. The van der Waals surface area contributed by atoms with E-state index in [2.05, 4.69) is 25.5 Å². The van der Waals surface area contributed by atoms with Crippen molar-refractivity contribution in [1.29, 1.82) is 0 Å². The van der Waals surface area contributed by atoms with Gasteiger partial charge in [-0.3, -0.25) is 4.79 Å². The number of likely N-dealkylation sites (N-methyl/N-ethyl adjacent to an activating group) is 1. The van der Waals surface area contributed by atoms with Gasteiger partial charge in [-0.05, 0) is 29.5 Å². The van der Waals surface area contributed by atoms with Crippen LogP contribution < -0.4 is 4.90 Å². The molecule has 0 saturated carbocycles. The molecule has 0 spiro atoms. The highest BCUT2D eigenvalue weighted by molar-refractivity contribution is 6.38. The minimum atomic E-state index is -0.859. The predicted molar refractivity (Wildman–Crippen MR) is 75.3 cm³/mol. The molecule has 0 fully saturated rings. The Bertz CT molecular complexity index is 501. The summed E-state index contributed by atoms with van der Waals surface area (Å²) in [7, 11) is 2.77. The molecule has 1 rings (SSSR count). The molecule has 104 valence electrons. The summed E-state index contributed by atoms with van der Waals surface area (Å²) in [5.41, 5.74) is 2.90. The Morgan fingerprint density at radius 3 is 2.21 bits per heavy atom. The number of carbonyl (C=O) groups excluding carboxylic acids is 2. The number of rotatable bonds is 1. The van der Waals surface area contributed by atoms with Gasteiger partial charge >= 0.3 is 11.9 Å². The zero-order valence-electron chi connectivity index (χ0n) is 12.4. The van der Waals surface area contributed by atoms with Gasteiger partial charge in [-0.15, -0.1) is 0 Å². The van der Waals surface area contributed by atoms with Crippen LogP contribution in [0.25, 0.3) is 0 Å². The lowest BCUT2D eigenvalue weighted by Gasteiger charge is -2.23. The molecule has 0 aliphatic rings. The summed E-state index contributed by atoms with van der Waals surface area (Å²) in [6.07, 6.45) is 0. The number of aryl methyl sites for hydroxylation is 1. The lowest BCUT2D eigenvalue weighted by Crippen LogP contribution is -2.34. The number of carbonyl (C=O) groups is 2. The molecular formula is C15H21NO3. The van der Waals surface area contributed by atoms with Crippen LogP contribution >= 0.6 is 0 Å². The molecular weight excluding hydrogens is 242 g/mol. The number of esters is 1. The maximum atomic E-state index is 11.8. The first-order valence-electron chi connectivity index (χ1n) is 6.15. The van der Waals surface area contributed by atoms with Crippen LogP contribution in [0.15, 0.2) is 18.2 Å². The molecule has 19 heavy (non-hydrogen) atoms. The van der Waals surface area contributed by atoms with E-state index in [0.29, 0.717) is 5.69 Å². The van der Waals surface area contributed by atoms with Gasteiger partial charge in [0.1, 0.15) is 0 Å². The van der Waals surface area contributed by atoms with Gasteiger partial charge in [0.2, 0.25) is 0 Å². The highest BCUT2D eigenvalue weighted by Gasteiger charge is 2.22. The number of ether oxygens (including phenoxy) is 1. The lowest BCUT2D eigenvalue weighted by atomic mass is 9.86. The number of nitrogens with zero attached hydrogens (tertiary/aromatic N) is 1. The summed E-state index contributed by atoms with van der Waals surface area (Å²) >= 11 is 0. The summed E-state index contributed by atoms with van der Waals surface area (Å²) in [6, 6.07) is 5.87. The largest absolute Gasteiger partial charge is 0.462 e. The Morgan fingerprint density at radius 1 is 1.21 bits per heavy atom. The fraction of sp³-hybridized carbons (Fsp3) is 0.467. The highest BCUT2D eigenvalue weighted by atomic mass is 16.5. The monoisotopic (exact) mass is 263 g/mol. The summed E-state index contributed by atoms with van der Waals surface area (Å²) in [5.74, 6) is -1.53. The zero-order chi connectivity index (χ0) is 14.8. The van der Waals surface area contributed by atoms with Crippen LogP contribution in [0.4, 0.5) is 5.69 Å². The lowest BCUT2D eigenvalue weighted by molar-refractivity contribution is -0.151. The van der Waals surface area contributed by atoms with Crippen molar-refractivity contribution in [3.05, 3.63) is 29.3 Å². The fourth-order valence-electron chi connectivity index (χ4n) is 1.83. The van der Waals surface area contributed by atoms with Crippen LogP contribution in [0, 0.1) is 6.92 Å². The second kappa shape index (κ2) is 5.43. The van der Waals surface area contributed by atoms with E-state index in [1.165, 1.54) is 17.6 Å². The molecule has 1 amide bonds. The molecule has 0 unspecified atom stereocenters. The molecule has 0 atom stereocenters. The van der Waals surface area contributed by atoms with Crippen LogP contribution in [0.3, 0.4) is 0 Å². The number of amides is 1. The number of hydrogen-bond donors (Lipinski definition) is 0. The number of benzene rings is 1. The van der Waals surface area contributed by atoms with E-state index in [1.54, 1.807) is 7.05 Å². The Balaban J connectivity index is 3.10. The molecule has 0 aromatic heterocycles. The van der Waals surface area contributed by atoms with Crippen molar-refractivity contribution in [2.45, 2.75) is 33.1 Å². The molecule has 0 radical (unpaired) electrons. The SMILES string of the molecule is COC(=O)C(=O)N(C)c1ccc(C(C)(C)C)cc1C. The van der Waals surface area contributed by atoms with E-state index in [9.17, 15) is 9.59 Å². The third-order valence-corrected chi connectivity index (χ3v) is 3.09. The number of methoxy groups -OCH3 is 1. The van der Waals surface area contributed by atoms with E-state index in [0.717, 1.165) is 5.56 Å². The summed E-state index contributed by atoms with van der Waals surface area (Å²) in [4.78, 5) is 24.3. The van der Waals surface area contributed by atoms with Crippen molar-refractivity contribution in [3.8, 4) is 0 Å². The van der Waals surface area contributed by atoms with Crippen molar-refractivity contribution < 1.29 is 14.3 Å². The van der Waals surface area contributed by atoms with Gasteiger partial charge in [0.05, 0.1) is 7.11 Å². The van der Waals surface area contributed by atoms with E-state index in [1.807, 2.05) is 25.1 Å². The van der Waals surface area contributed by atoms with Crippen molar-refractivity contribution in [3.63, 3.8) is 0 Å². The summed E-state index contributed by atoms with van der Waals surface area (Å²) in [6.45, 7) is 8.31. The third-order valence-electron chi connectivity index (χ3n) is 3.09. The first-order valence-corrected chi connectivity index (χ1v) is 6.15. The molecule has 0 aliphatic heterocycles. The van der Waals surface area contributed by atoms with E-state index in [-0.39, 0.29) is 5.41 Å². The standard InChI is InChI=1S/C15H21NO3/c1-10-9-11(15(2,3)4)7-8-12(10)16(5)13(17)14(18)19-6/h7-9H,1-6H3. The molecule has 4 nitrogen and oxygen atoms in total. The Kier molecular flexibility index (Phi) is 4.35. The third kappa shape index (κ3) is 3.34. The average Bonchev–Trinajstić information content (AvgIpc) is 2.34. The molecule has 1 aromatic carbocycles. The Morgan fingerprint density at radius 2 is 1.79 bits per heavy atom. The van der Waals surface area contributed by atoms with E-state index in [4.69, 9.17) is 0 Å². The topological polar surface area (TPSA) is 46.6 Å². The molecule has 1 aromatic rings. The van der Waals surface area contributed by atoms with Crippen molar-refractivity contribution in [1.82, 2.24) is 0 Å². The first kappa shape index (κ1) is 15.2. The minimum Gasteiger partial charge on any atom is -0.462 e. The second-order valence-electron chi connectivity index (χ2n) is 5.61. The summed E-state index contributed by atoms with van der Waals surface area (Å²) < 4.78 is 4.44. The maximum absolute atomic E-state index is 11.8. The zero-order valence-corrected chi connectivity index (χ0v) is 12.4. The van der Waals surface area contributed by atoms with Crippen molar-refractivity contribution >= 4 is 17.6 Å². The summed E-state index contributed by atoms with van der Waals surface area (Å²) in [5, 5.41) is 0. The van der Waals surface area contributed by atoms with Gasteiger partial charge < -0.3 is 9.64 Å². The molecule has 0 aliphatic carbocycles. The van der Waals surface area contributed by atoms with E-state index >= 15 is 0 Å². The Hall–Kier alpha value is -1.84. The molecule has 0 N–H and O–H groups in total. The average molecular weight is 263 g/mol. The van der Waals surface area contributed by atoms with Gasteiger partial charge in [0.25, 0.3) is 0 Å². The smallest absolute Gasteiger partial charge is 0.397 e. The van der Waals surface area contributed by atoms with Gasteiger partial charge in [-0.1, -0.05) is 32.9 Å². The predicted octanol–water partition coefficient (Wildman–Crippen LogP) is 2.43. The van der Waals surface area contributed by atoms with Gasteiger partial charge in [0, 0.05) is 12.7 Å². The number of hydrogen-bond acceptors (Lipinski definition) is 3. The maximum Gasteiger partial charge on any atom is 0.397 e. The fourth-order valence-corrected chi connectivity index (χ4v) is 1.83. The molecule has 4 heteroatoms. The first-order chi connectivity index (χ1) is 8.68. The quantitative estimate of drug-likeness (QED) is 0.577. The van der Waals surface area contributed by atoms with Gasteiger partial charge in [-0.25, -0.2) is 4.79 Å². The van der Waals surface area contributed by atoms with Crippen LogP contribution in [-0.4, -0.2) is 26.0 Å². The normalized spacial score (nSPS) is 11.1. The van der Waals surface area contributed by atoms with Crippen molar-refractivity contribution in [2.75, 3.05) is 19.1 Å². The highest BCUT2D eigenvalue weighted by Crippen LogP contribution is 2.27. The number of anilines is 1. The molecule has 0 heterocycles. The van der Waals surface area contributed by atoms with Crippen LogP contribution in [0.2, 0.25) is 0 Å². The van der Waals surface area contributed by atoms with Crippen LogP contribution in [0.1, 0.15) is 31.9 Å². The van der Waals surface area contributed by atoms with Crippen molar-refractivity contribution in [2.24, 2.45) is 0 Å². The van der Waals surface area contributed by atoms with Crippen LogP contribution in [0.5, 0.6) is 0 Å². The molecule has 0 saturated heterocycles.